The van der Waals surface area contributed by atoms with Crippen molar-refractivity contribution >= 4 is 34.7 Å². The molecule has 0 saturated carbocycles. The number of nitrogens with zero attached hydrogens (tertiary/aromatic N) is 1. The second-order valence-electron chi connectivity index (χ2n) is 4.74. The van der Waals surface area contributed by atoms with Gasteiger partial charge in [-0.05, 0) is 24.3 Å². The highest BCUT2D eigenvalue weighted by atomic mass is 35.5. The standard InChI is InChI=1S/C17H13ClN2O2S/c1-22-17(21)19-14-8-4-11(5-9-14)15-10-23-16(20-15)12-2-6-13(18)7-3-12/h2-10H,1H3,(H,19,21). The van der Waals surface area contributed by atoms with E-state index in [1.54, 1.807) is 11.3 Å². The average molecular weight is 345 g/mol. The van der Waals surface area contributed by atoms with Gasteiger partial charge in [-0.15, -0.1) is 11.3 Å². The van der Waals surface area contributed by atoms with Gasteiger partial charge in [0.05, 0.1) is 12.8 Å². The molecule has 0 bridgehead atoms. The molecular formula is C17H13ClN2O2S. The van der Waals surface area contributed by atoms with Crippen molar-refractivity contribution in [1.82, 2.24) is 4.98 Å². The molecule has 116 valence electrons. The summed E-state index contributed by atoms with van der Waals surface area (Å²) < 4.78 is 4.56. The van der Waals surface area contributed by atoms with E-state index in [-0.39, 0.29) is 0 Å². The highest BCUT2D eigenvalue weighted by Crippen LogP contribution is 2.30. The Hall–Kier alpha value is -2.37. The van der Waals surface area contributed by atoms with Crippen LogP contribution in [0.15, 0.2) is 53.9 Å². The normalized spacial score (nSPS) is 10.3. The zero-order valence-corrected chi connectivity index (χ0v) is 13.8. The number of nitrogens with one attached hydrogen (secondary N) is 1. The van der Waals surface area contributed by atoms with Gasteiger partial charge < -0.3 is 4.74 Å². The van der Waals surface area contributed by atoms with Gasteiger partial charge in [0.1, 0.15) is 5.01 Å². The molecule has 0 saturated heterocycles. The Kier molecular flexibility index (Phi) is 4.60. The fraction of sp³-hybridized carbons (Fsp3) is 0.0588. The van der Waals surface area contributed by atoms with Crippen LogP contribution >= 0.6 is 22.9 Å². The molecule has 3 aromatic rings. The van der Waals surface area contributed by atoms with Crippen LogP contribution in [0.25, 0.3) is 21.8 Å². The maximum atomic E-state index is 11.2. The second-order valence-corrected chi connectivity index (χ2v) is 6.03. The number of ether oxygens (including phenoxy) is 1. The van der Waals surface area contributed by atoms with Gasteiger partial charge in [0, 0.05) is 27.2 Å². The predicted molar refractivity (Wildman–Crippen MR) is 94.0 cm³/mol. The van der Waals surface area contributed by atoms with E-state index in [4.69, 9.17) is 11.6 Å². The topological polar surface area (TPSA) is 51.2 Å². The van der Waals surface area contributed by atoms with E-state index in [1.807, 2.05) is 53.9 Å². The monoisotopic (exact) mass is 344 g/mol. The van der Waals surface area contributed by atoms with Gasteiger partial charge in [-0.3, -0.25) is 5.32 Å². The number of halogens is 1. The van der Waals surface area contributed by atoms with E-state index < -0.39 is 6.09 Å². The third-order valence-electron chi connectivity index (χ3n) is 3.21. The summed E-state index contributed by atoms with van der Waals surface area (Å²) in [6, 6.07) is 15.1. The lowest BCUT2D eigenvalue weighted by molar-refractivity contribution is 0.187. The van der Waals surface area contributed by atoms with Crippen LogP contribution in [-0.2, 0) is 4.74 Å². The third-order valence-corrected chi connectivity index (χ3v) is 4.35. The number of hydrogen-bond acceptors (Lipinski definition) is 4. The SMILES string of the molecule is COC(=O)Nc1ccc(-c2csc(-c3ccc(Cl)cc3)n2)cc1. The zero-order valence-electron chi connectivity index (χ0n) is 12.2. The quantitative estimate of drug-likeness (QED) is 0.700. The first kappa shape index (κ1) is 15.5. The van der Waals surface area contributed by atoms with E-state index in [2.05, 4.69) is 15.0 Å². The van der Waals surface area contributed by atoms with Crippen molar-refractivity contribution in [3.63, 3.8) is 0 Å². The van der Waals surface area contributed by atoms with Crippen LogP contribution in [0, 0.1) is 0 Å². The second kappa shape index (κ2) is 6.81. The van der Waals surface area contributed by atoms with E-state index in [1.165, 1.54) is 7.11 Å². The van der Waals surface area contributed by atoms with Crippen molar-refractivity contribution in [2.75, 3.05) is 12.4 Å². The van der Waals surface area contributed by atoms with Crippen LogP contribution in [0.1, 0.15) is 0 Å². The van der Waals surface area contributed by atoms with Crippen molar-refractivity contribution in [1.29, 1.82) is 0 Å². The highest BCUT2D eigenvalue weighted by Gasteiger charge is 2.07. The maximum absolute atomic E-state index is 11.2. The summed E-state index contributed by atoms with van der Waals surface area (Å²) >= 11 is 7.48. The zero-order chi connectivity index (χ0) is 16.2. The number of benzene rings is 2. The molecule has 0 fully saturated rings. The molecule has 0 aliphatic carbocycles. The highest BCUT2D eigenvalue weighted by molar-refractivity contribution is 7.13. The van der Waals surface area contributed by atoms with Crippen LogP contribution in [0.2, 0.25) is 5.02 Å². The summed E-state index contributed by atoms with van der Waals surface area (Å²) in [5, 5.41) is 6.27. The molecule has 6 heteroatoms. The van der Waals surface area contributed by atoms with Crippen LogP contribution in [0.4, 0.5) is 10.5 Å². The Balaban J connectivity index is 1.80. The van der Waals surface area contributed by atoms with Crippen molar-refractivity contribution in [3.05, 3.63) is 58.9 Å². The molecule has 0 radical (unpaired) electrons. The summed E-state index contributed by atoms with van der Waals surface area (Å²) in [5.74, 6) is 0. The number of anilines is 1. The van der Waals surface area contributed by atoms with E-state index in [9.17, 15) is 4.79 Å². The Morgan fingerprint density at radius 1 is 1.09 bits per heavy atom. The summed E-state index contributed by atoms with van der Waals surface area (Å²) in [5.41, 5.74) is 3.59. The number of hydrogen-bond donors (Lipinski definition) is 1. The molecule has 1 amide bonds. The largest absolute Gasteiger partial charge is 0.453 e. The number of thiazole rings is 1. The van der Waals surface area contributed by atoms with Gasteiger partial charge in [-0.2, -0.15) is 0 Å². The lowest BCUT2D eigenvalue weighted by atomic mass is 10.1. The molecule has 0 spiro atoms. The first-order valence-electron chi connectivity index (χ1n) is 6.82. The lowest BCUT2D eigenvalue weighted by Gasteiger charge is -2.04. The molecule has 1 heterocycles. The first-order chi connectivity index (χ1) is 11.2. The molecule has 3 rings (SSSR count). The van der Waals surface area contributed by atoms with Crippen molar-refractivity contribution < 1.29 is 9.53 Å². The lowest BCUT2D eigenvalue weighted by Crippen LogP contribution is -2.10. The van der Waals surface area contributed by atoms with Crippen molar-refractivity contribution in [2.24, 2.45) is 0 Å². The first-order valence-corrected chi connectivity index (χ1v) is 8.08. The van der Waals surface area contributed by atoms with Gasteiger partial charge in [-0.25, -0.2) is 9.78 Å². The minimum absolute atomic E-state index is 0.489. The predicted octanol–water partition coefficient (Wildman–Crippen LogP) is 5.31. The average Bonchev–Trinajstić information content (AvgIpc) is 3.06. The number of carbonyl (C=O) groups excluding carboxylic acids is 1. The van der Waals surface area contributed by atoms with Crippen LogP contribution < -0.4 is 5.32 Å². The fourth-order valence-electron chi connectivity index (χ4n) is 2.02. The van der Waals surface area contributed by atoms with E-state index >= 15 is 0 Å². The molecule has 0 aliphatic rings. The van der Waals surface area contributed by atoms with Gasteiger partial charge >= 0.3 is 6.09 Å². The molecule has 0 atom stereocenters. The van der Waals surface area contributed by atoms with Crippen molar-refractivity contribution in [3.8, 4) is 21.8 Å². The molecule has 0 aliphatic heterocycles. The molecule has 1 aromatic heterocycles. The maximum Gasteiger partial charge on any atom is 0.411 e. The summed E-state index contributed by atoms with van der Waals surface area (Å²) in [6.07, 6.45) is -0.489. The third kappa shape index (κ3) is 3.70. The van der Waals surface area contributed by atoms with Gasteiger partial charge in [0.25, 0.3) is 0 Å². The van der Waals surface area contributed by atoms with E-state index in [0.29, 0.717) is 10.7 Å². The van der Waals surface area contributed by atoms with Crippen LogP contribution in [-0.4, -0.2) is 18.2 Å². The molecule has 23 heavy (non-hydrogen) atoms. The molecule has 1 N–H and O–H groups in total. The van der Waals surface area contributed by atoms with Crippen LogP contribution in [0.5, 0.6) is 0 Å². The van der Waals surface area contributed by atoms with Gasteiger partial charge in [-0.1, -0.05) is 35.9 Å². The number of amides is 1. The number of aromatic nitrogens is 1. The number of carbonyl (C=O) groups is 1. The molecular weight excluding hydrogens is 332 g/mol. The molecule has 2 aromatic carbocycles. The Bertz CT molecular complexity index is 813. The summed E-state index contributed by atoms with van der Waals surface area (Å²) in [7, 11) is 1.33. The van der Waals surface area contributed by atoms with Crippen LogP contribution in [0.3, 0.4) is 0 Å². The summed E-state index contributed by atoms with van der Waals surface area (Å²) in [6.45, 7) is 0. The summed E-state index contributed by atoms with van der Waals surface area (Å²) in [4.78, 5) is 15.8. The Morgan fingerprint density at radius 2 is 1.74 bits per heavy atom. The minimum Gasteiger partial charge on any atom is -0.453 e. The fourth-order valence-corrected chi connectivity index (χ4v) is 2.99. The number of rotatable bonds is 3. The molecule has 0 unspecified atom stereocenters. The van der Waals surface area contributed by atoms with Gasteiger partial charge in [0.2, 0.25) is 0 Å². The Labute approximate surface area is 142 Å². The number of methoxy groups -OCH3 is 1. The smallest absolute Gasteiger partial charge is 0.411 e. The van der Waals surface area contributed by atoms with E-state index in [0.717, 1.165) is 21.8 Å². The molecule has 4 nitrogen and oxygen atoms in total. The minimum atomic E-state index is -0.489. The van der Waals surface area contributed by atoms with Crippen molar-refractivity contribution in [2.45, 2.75) is 0 Å². The van der Waals surface area contributed by atoms with Gasteiger partial charge in [0.15, 0.2) is 0 Å². The Morgan fingerprint density at radius 3 is 2.39 bits per heavy atom.